The number of hydrogen-bond donors (Lipinski definition) is 0. The summed E-state index contributed by atoms with van der Waals surface area (Å²) in [6, 6.07) is 0. The van der Waals surface area contributed by atoms with E-state index < -0.39 is 12.1 Å². The fraction of sp³-hybridized carbons (Fsp3) is 1.00. The maximum Gasteiger partial charge on any atom is 0.391 e. The van der Waals surface area contributed by atoms with E-state index in [4.69, 9.17) is 0 Å². The van der Waals surface area contributed by atoms with Gasteiger partial charge in [0.05, 0.1) is 12.5 Å². The molecule has 0 aromatic rings. The van der Waals surface area contributed by atoms with Crippen LogP contribution in [0.15, 0.2) is 0 Å². The Hall–Kier alpha value is -0.250. The lowest BCUT2D eigenvalue weighted by molar-refractivity contribution is -0.171. The van der Waals surface area contributed by atoms with Gasteiger partial charge in [0.1, 0.15) is 0 Å². The lowest BCUT2D eigenvalue weighted by Gasteiger charge is -2.14. The minimum atomic E-state index is -4.09. The number of unbranched alkanes of at least 4 members (excludes halogenated alkanes) is 1. The van der Waals surface area contributed by atoms with E-state index in [1.54, 1.807) is 0 Å². The van der Waals surface area contributed by atoms with Crippen LogP contribution in [-0.2, 0) is 5.11 Å². The average molecular weight is 169 g/mol. The second kappa shape index (κ2) is 4.59. The highest BCUT2D eigenvalue weighted by atomic mass is 19.4. The Morgan fingerprint density at radius 3 is 2.18 bits per heavy atom. The van der Waals surface area contributed by atoms with Crippen molar-refractivity contribution in [2.24, 2.45) is 5.92 Å². The van der Waals surface area contributed by atoms with Crippen LogP contribution in [0.1, 0.15) is 26.2 Å². The first-order chi connectivity index (χ1) is 4.98. The zero-order valence-corrected chi connectivity index (χ0v) is 6.45. The number of rotatable bonds is 4. The predicted molar refractivity (Wildman–Crippen MR) is 34.6 cm³/mol. The quantitative estimate of drug-likeness (QED) is 0.577. The highest BCUT2D eigenvalue weighted by Gasteiger charge is 2.34. The molecule has 0 amide bonds. The Kier molecular flexibility index (Phi) is 4.49. The molecule has 67 valence electrons. The molecular weight excluding hydrogens is 157 g/mol. The van der Waals surface area contributed by atoms with Crippen LogP contribution in [0.2, 0.25) is 0 Å². The van der Waals surface area contributed by atoms with Crippen LogP contribution in [0.5, 0.6) is 0 Å². The van der Waals surface area contributed by atoms with Crippen molar-refractivity contribution in [2.45, 2.75) is 32.4 Å². The third kappa shape index (κ3) is 5.07. The highest BCUT2D eigenvalue weighted by molar-refractivity contribution is 4.61. The molecule has 0 aliphatic heterocycles. The van der Waals surface area contributed by atoms with Crippen LogP contribution in [0.4, 0.5) is 13.2 Å². The Labute approximate surface area is 64.2 Å². The average Bonchev–Trinajstić information content (AvgIpc) is 1.86. The second-order valence-corrected chi connectivity index (χ2v) is 2.64. The van der Waals surface area contributed by atoms with Crippen LogP contribution in [0, 0.1) is 5.92 Å². The molecule has 1 radical (unpaired) electrons. The van der Waals surface area contributed by atoms with Crippen LogP contribution >= 0.6 is 0 Å². The van der Waals surface area contributed by atoms with Crippen molar-refractivity contribution in [1.29, 1.82) is 0 Å². The van der Waals surface area contributed by atoms with E-state index >= 15 is 0 Å². The van der Waals surface area contributed by atoms with Gasteiger partial charge in [-0.1, -0.05) is 13.3 Å². The highest BCUT2D eigenvalue weighted by Crippen LogP contribution is 2.29. The summed E-state index contributed by atoms with van der Waals surface area (Å²) < 4.78 is 35.4. The zero-order valence-electron chi connectivity index (χ0n) is 6.45. The topological polar surface area (TPSA) is 19.9 Å². The SMILES string of the molecule is CC(CCCC[O])C(F)(F)F. The van der Waals surface area contributed by atoms with E-state index in [-0.39, 0.29) is 13.0 Å². The van der Waals surface area contributed by atoms with Gasteiger partial charge in [0.25, 0.3) is 0 Å². The minimum absolute atomic E-state index is 0.0751. The molecule has 4 heteroatoms. The molecule has 0 aliphatic carbocycles. The summed E-state index contributed by atoms with van der Waals surface area (Å²) in [5, 5.41) is 9.88. The summed E-state index contributed by atoms with van der Waals surface area (Å²) in [4.78, 5) is 0. The van der Waals surface area contributed by atoms with Crippen molar-refractivity contribution in [3.05, 3.63) is 0 Å². The summed E-state index contributed by atoms with van der Waals surface area (Å²) >= 11 is 0. The number of alkyl halides is 3. The summed E-state index contributed by atoms with van der Waals surface area (Å²) in [7, 11) is 0. The smallest absolute Gasteiger partial charge is 0.237 e. The van der Waals surface area contributed by atoms with Crippen LogP contribution < -0.4 is 0 Å². The largest absolute Gasteiger partial charge is 0.391 e. The molecule has 0 spiro atoms. The Bertz CT molecular complexity index is 100. The van der Waals surface area contributed by atoms with Gasteiger partial charge in [-0.25, -0.2) is 5.11 Å². The van der Waals surface area contributed by atoms with Crippen LogP contribution in [-0.4, -0.2) is 12.8 Å². The normalized spacial score (nSPS) is 15.0. The van der Waals surface area contributed by atoms with Gasteiger partial charge < -0.3 is 0 Å². The molecule has 0 saturated heterocycles. The molecule has 1 unspecified atom stereocenters. The molecular formula is C7H12F3O. The van der Waals surface area contributed by atoms with Gasteiger partial charge in [-0.05, 0) is 12.8 Å². The Balaban J connectivity index is 3.44. The van der Waals surface area contributed by atoms with Crippen molar-refractivity contribution in [2.75, 3.05) is 6.61 Å². The first-order valence-electron chi connectivity index (χ1n) is 3.63. The molecule has 0 saturated carbocycles. The van der Waals surface area contributed by atoms with Crippen molar-refractivity contribution in [1.82, 2.24) is 0 Å². The molecule has 0 N–H and O–H groups in total. The minimum Gasteiger partial charge on any atom is -0.237 e. The van der Waals surface area contributed by atoms with Crippen LogP contribution in [0.25, 0.3) is 0 Å². The van der Waals surface area contributed by atoms with Gasteiger partial charge >= 0.3 is 6.18 Å². The molecule has 0 aromatic heterocycles. The van der Waals surface area contributed by atoms with E-state index in [2.05, 4.69) is 0 Å². The number of hydrogen-bond acceptors (Lipinski definition) is 0. The summed E-state index contributed by atoms with van der Waals surface area (Å²) in [6.45, 7) is 0.870. The van der Waals surface area contributed by atoms with Gasteiger partial charge in [-0.15, -0.1) is 0 Å². The summed E-state index contributed by atoms with van der Waals surface area (Å²) in [5.41, 5.74) is 0. The molecule has 0 aliphatic rings. The van der Waals surface area contributed by atoms with E-state index in [0.717, 1.165) is 6.92 Å². The van der Waals surface area contributed by atoms with Crippen molar-refractivity contribution < 1.29 is 18.3 Å². The zero-order chi connectivity index (χ0) is 8.91. The standard InChI is InChI=1S/C7H12F3O/c1-6(7(8,9)10)4-2-3-5-11/h6H,2-5H2,1H3. The number of halogens is 3. The molecule has 1 nitrogen and oxygen atoms in total. The predicted octanol–water partition coefficient (Wildman–Crippen LogP) is 2.79. The Morgan fingerprint density at radius 2 is 1.82 bits per heavy atom. The van der Waals surface area contributed by atoms with E-state index in [9.17, 15) is 18.3 Å². The summed E-state index contributed by atoms with van der Waals surface area (Å²) in [6.07, 6.45) is -3.29. The maximum atomic E-state index is 11.8. The van der Waals surface area contributed by atoms with Gasteiger partial charge in [-0.2, -0.15) is 13.2 Å². The van der Waals surface area contributed by atoms with E-state index in [1.807, 2.05) is 0 Å². The van der Waals surface area contributed by atoms with Crippen molar-refractivity contribution >= 4 is 0 Å². The molecule has 0 bridgehead atoms. The van der Waals surface area contributed by atoms with E-state index in [1.165, 1.54) is 0 Å². The Morgan fingerprint density at radius 1 is 1.27 bits per heavy atom. The van der Waals surface area contributed by atoms with Gasteiger partial charge in [0.15, 0.2) is 0 Å². The van der Waals surface area contributed by atoms with E-state index in [0.29, 0.717) is 12.8 Å². The molecule has 0 aromatic carbocycles. The van der Waals surface area contributed by atoms with Crippen molar-refractivity contribution in [3.8, 4) is 0 Å². The molecule has 1 atom stereocenters. The first-order valence-corrected chi connectivity index (χ1v) is 3.63. The lowest BCUT2D eigenvalue weighted by atomic mass is 10.0. The maximum absolute atomic E-state index is 11.8. The third-order valence-corrected chi connectivity index (χ3v) is 1.59. The van der Waals surface area contributed by atoms with Gasteiger partial charge in [0, 0.05) is 0 Å². The fourth-order valence-electron chi connectivity index (χ4n) is 0.716. The van der Waals surface area contributed by atoms with Gasteiger partial charge in [0.2, 0.25) is 0 Å². The first kappa shape index (κ1) is 10.8. The molecule has 0 rings (SSSR count). The molecule has 11 heavy (non-hydrogen) atoms. The monoisotopic (exact) mass is 169 g/mol. The fourth-order valence-corrected chi connectivity index (χ4v) is 0.716. The summed E-state index contributed by atoms with van der Waals surface area (Å²) in [5.74, 6) is -1.27. The third-order valence-electron chi connectivity index (χ3n) is 1.59. The van der Waals surface area contributed by atoms with Crippen molar-refractivity contribution in [3.63, 3.8) is 0 Å². The van der Waals surface area contributed by atoms with Crippen LogP contribution in [0.3, 0.4) is 0 Å². The lowest BCUT2D eigenvalue weighted by Crippen LogP contribution is -2.19. The van der Waals surface area contributed by atoms with Gasteiger partial charge in [-0.3, -0.25) is 0 Å². The molecule has 0 heterocycles. The second-order valence-electron chi connectivity index (χ2n) is 2.64. The molecule has 0 fully saturated rings.